The predicted octanol–water partition coefficient (Wildman–Crippen LogP) is 3.28. The van der Waals surface area contributed by atoms with Crippen LogP contribution in [0.15, 0.2) is 36.7 Å². The molecule has 1 saturated carbocycles. The number of aromatic nitrogens is 3. The molecule has 1 amide bonds. The zero-order valence-corrected chi connectivity index (χ0v) is 15.5. The first-order chi connectivity index (χ1) is 14.2. The molecule has 6 nitrogen and oxygen atoms in total. The monoisotopic (exact) mass is 420 g/mol. The molecule has 3 aromatic rings. The van der Waals surface area contributed by atoms with Gasteiger partial charge in [0, 0.05) is 24.4 Å². The summed E-state index contributed by atoms with van der Waals surface area (Å²) in [5.74, 6) is -1.80. The molecule has 0 aliphatic heterocycles. The molecule has 1 aromatic carbocycles. The lowest BCUT2D eigenvalue weighted by atomic mass is 10.0. The Morgan fingerprint density at radius 3 is 2.63 bits per heavy atom. The highest BCUT2D eigenvalue weighted by molar-refractivity contribution is 5.93. The van der Waals surface area contributed by atoms with E-state index in [1.807, 2.05) is 5.32 Å². The van der Waals surface area contributed by atoms with E-state index in [9.17, 15) is 27.2 Å². The van der Waals surface area contributed by atoms with Crippen LogP contribution in [0.3, 0.4) is 0 Å². The van der Waals surface area contributed by atoms with Crippen LogP contribution in [0.2, 0.25) is 0 Å². The molecular formula is C20H16F4N4O2. The largest absolute Gasteiger partial charge is 0.411 e. The minimum absolute atomic E-state index is 0.117. The first-order valence-electron chi connectivity index (χ1n) is 9.14. The Labute approximate surface area is 167 Å². The van der Waals surface area contributed by atoms with E-state index in [1.165, 1.54) is 36.7 Å². The Kier molecular flexibility index (Phi) is 4.79. The number of alkyl halides is 3. The van der Waals surface area contributed by atoms with Gasteiger partial charge in [-0.05, 0) is 48.2 Å². The maximum absolute atomic E-state index is 14.2. The number of Topliss-reactive ketones (excluding diaryl/α,β-unsaturated/α-hetero) is 1. The summed E-state index contributed by atoms with van der Waals surface area (Å²) < 4.78 is 53.2. The van der Waals surface area contributed by atoms with Gasteiger partial charge in [-0.15, -0.1) is 0 Å². The SMILES string of the molecule is O=C(Cc1ccnc(C(=O)NC2(C(F)(F)F)CC2)c1)Cc1cc2[nH]ncc2cc1F. The van der Waals surface area contributed by atoms with Crippen molar-refractivity contribution in [3.05, 3.63) is 59.3 Å². The second-order valence-electron chi connectivity index (χ2n) is 7.38. The summed E-state index contributed by atoms with van der Waals surface area (Å²) in [5, 5.41) is 9.09. The zero-order valence-electron chi connectivity index (χ0n) is 15.5. The molecule has 30 heavy (non-hydrogen) atoms. The molecule has 2 aromatic heterocycles. The third-order valence-electron chi connectivity index (χ3n) is 5.10. The second kappa shape index (κ2) is 7.19. The Morgan fingerprint density at radius 1 is 1.17 bits per heavy atom. The van der Waals surface area contributed by atoms with E-state index in [2.05, 4.69) is 15.2 Å². The number of benzene rings is 1. The number of nitrogens with zero attached hydrogens (tertiary/aromatic N) is 2. The van der Waals surface area contributed by atoms with Crippen molar-refractivity contribution >= 4 is 22.6 Å². The number of carbonyl (C=O) groups is 2. The van der Waals surface area contributed by atoms with E-state index in [-0.39, 0.29) is 42.7 Å². The average Bonchev–Trinajstić information content (AvgIpc) is 3.33. The van der Waals surface area contributed by atoms with Crippen molar-refractivity contribution in [1.29, 1.82) is 0 Å². The molecular weight excluding hydrogens is 404 g/mol. The lowest BCUT2D eigenvalue weighted by Gasteiger charge is -2.20. The molecule has 1 aliphatic carbocycles. The fraction of sp³-hybridized carbons (Fsp3) is 0.300. The average molecular weight is 420 g/mol. The van der Waals surface area contributed by atoms with Gasteiger partial charge in [-0.25, -0.2) is 4.39 Å². The van der Waals surface area contributed by atoms with Crippen LogP contribution in [-0.2, 0) is 17.6 Å². The van der Waals surface area contributed by atoms with Gasteiger partial charge in [0.25, 0.3) is 5.91 Å². The number of rotatable bonds is 6. The summed E-state index contributed by atoms with van der Waals surface area (Å²) in [4.78, 5) is 28.4. The fourth-order valence-electron chi connectivity index (χ4n) is 3.24. The Balaban J connectivity index is 1.44. The lowest BCUT2D eigenvalue weighted by molar-refractivity contribution is -0.163. The Morgan fingerprint density at radius 2 is 1.93 bits per heavy atom. The lowest BCUT2D eigenvalue weighted by Crippen LogP contribution is -2.48. The molecule has 0 radical (unpaired) electrons. The van der Waals surface area contributed by atoms with Gasteiger partial charge in [0.1, 0.15) is 22.8 Å². The molecule has 2 heterocycles. The van der Waals surface area contributed by atoms with E-state index in [0.29, 0.717) is 16.5 Å². The zero-order chi connectivity index (χ0) is 21.5. The summed E-state index contributed by atoms with van der Waals surface area (Å²) in [6, 6.07) is 5.55. The van der Waals surface area contributed by atoms with Crippen molar-refractivity contribution in [3.63, 3.8) is 0 Å². The molecule has 156 valence electrons. The molecule has 0 atom stereocenters. The van der Waals surface area contributed by atoms with E-state index in [4.69, 9.17) is 0 Å². The van der Waals surface area contributed by atoms with Crippen molar-refractivity contribution in [1.82, 2.24) is 20.5 Å². The summed E-state index contributed by atoms with van der Waals surface area (Å²) >= 11 is 0. The van der Waals surface area contributed by atoms with Crippen LogP contribution in [-0.4, -0.2) is 38.6 Å². The summed E-state index contributed by atoms with van der Waals surface area (Å²) in [6.45, 7) is 0. The topological polar surface area (TPSA) is 87.7 Å². The highest BCUT2D eigenvalue weighted by atomic mass is 19.4. The second-order valence-corrected chi connectivity index (χ2v) is 7.38. The maximum Gasteiger partial charge on any atom is 0.411 e. The number of carbonyl (C=O) groups excluding carboxylic acids is 2. The molecule has 1 fully saturated rings. The summed E-state index contributed by atoms with van der Waals surface area (Å²) in [6.07, 6.45) is -2.45. The van der Waals surface area contributed by atoms with Crippen LogP contribution in [0.5, 0.6) is 0 Å². The van der Waals surface area contributed by atoms with Crippen molar-refractivity contribution in [2.75, 3.05) is 0 Å². The van der Waals surface area contributed by atoms with Crippen LogP contribution in [0, 0.1) is 5.82 Å². The standard InChI is InChI=1S/C20H16F4N4O2/c21-15-8-13-10-26-28-16(13)9-12(15)7-14(29)5-11-1-4-25-17(6-11)18(30)27-19(2-3-19)20(22,23)24/h1,4,6,8-10H,2-3,5,7H2,(H,26,28)(H,27,30). The molecule has 1 aliphatic rings. The number of hydrogen-bond donors (Lipinski definition) is 2. The van der Waals surface area contributed by atoms with E-state index in [1.54, 1.807) is 0 Å². The van der Waals surface area contributed by atoms with Crippen LogP contribution < -0.4 is 5.32 Å². The number of pyridine rings is 1. The van der Waals surface area contributed by atoms with E-state index in [0.717, 1.165) is 0 Å². The van der Waals surface area contributed by atoms with E-state index >= 15 is 0 Å². The molecule has 0 unspecified atom stereocenters. The van der Waals surface area contributed by atoms with Crippen LogP contribution in [0.25, 0.3) is 10.9 Å². The van der Waals surface area contributed by atoms with E-state index < -0.39 is 23.4 Å². The maximum atomic E-state index is 14.2. The number of H-pyrrole nitrogens is 1. The van der Waals surface area contributed by atoms with Crippen molar-refractivity contribution < 1.29 is 27.2 Å². The van der Waals surface area contributed by atoms with Crippen molar-refractivity contribution in [3.8, 4) is 0 Å². The highest BCUT2D eigenvalue weighted by Crippen LogP contribution is 2.49. The number of nitrogens with one attached hydrogen (secondary N) is 2. The van der Waals surface area contributed by atoms with Gasteiger partial charge in [-0.1, -0.05) is 0 Å². The number of aromatic amines is 1. The van der Waals surface area contributed by atoms with Crippen molar-refractivity contribution in [2.45, 2.75) is 37.4 Å². The normalized spacial score (nSPS) is 15.2. The smallest absolute Gasteiger partial charge is 0.336 e. The molecule has 4 rings (SSSR count). The third-order valence-corrected chi connectivity index (χ3v) is 5.10. The fourth-order valence-corrected chi connectivity index (χ4v) is 3.24. The first-order valence-corrected chi connectivity index (χ1v) is 9.14. The van der Waals surface area contributed by atoms with Crippen molar-refractivity contribution in [2.24, 2.45) is 0 Å². The number of hydrogen-bond acceptors (Lipinski definition) is 4. The molecule has 2 N–H and O–H groups in total. The quantitative estimate of drug-likeness (QED) is 0.599. The van der Waals surface area contributed by atoms with Gasteiger partial charge in [0.15, 0.2) is 0 Å². The molecule has 0 saturated heterocycles. The van der Waals surface area contributed by atoms with Gasteiger partial charge in [-0.2, -0.15) is 18.3 Å². The van der Waals surface area contributed by atoms with Gasteiger partial charge < -0.3 is 5.32 Å². The minimum Gasteiger partial charge on any atom is -0.336 e. The van der Waals surface area contributed by atoms with Crippen LogP contribution >= 0.6 is 0 Å². The Hall–Kier alpha value is -3.30. The molecule has 0 bridgehead atoms. The number of halogens is 4. The minimum atomic E-state index is -4.53. The predicted molar refractivity (Wildman–Crippen MR) is 98.2 cm³/mol. The Bertz CT molecular complexity index is 1140. The van der Waals surface area contributed by atoms with Gasteiger partial charge in [-0.3, -0.25) is 19.7 Å². The van der Waals surface area contributed by atoms with Gasteiger partial charge >= 0.3 is 6.18 Å². The van der Waals surface area contributed by atoms with Crippen LogP contribution in [0.1, 0.15) is 34.5 Å². The molecule has 10 heteroatoms. The summed E-state index contributed by atoms with van der Waals surface area (Å²) in [5.41, 5.74) is -1.20. The molecule has 0 spiro atoms. The number of fused-ring (bicyclic) bond motifs is 1. The number of amides is 1. The van der Waals surface area contributed by atoms with Gasteiger partial charge in [0.2, 0.25) is 0 Å². The van der Waals surface area contributed by atoms with Crippen LogP contribution in [0.4, 0.5) is 17.6 Å². The summed E-state index contributed by atoms with van der Waals surface area (Å²) in [7, 11) is 0. The third kappa shape index (κ3) is 3.89. The van der Waals surface area contributed by atoms with Gasteiger partial charge in [0.05, 0.1) is 11.7 Å². The number of ketones is 1. The highest BCUT2D eigenvalue weighted by Gasteiger charge is 2.64. The first kappa shape index (κ1) is 20.0.